The van der Waals surface area contributed by atoms with Gasteiger partial charge in [0.25, 0.3) is 5.89 Å². The molecule has 1 aliphatic carbocycles. The fourth-order valence-electron chi connectivity index (χ4n) is 1.65. The minimum atomic E-state index is -0.0501. The second-order valence-corrected chi connectivity index (χ2v) is 4.01. The van der Waals surface area contributed by atoms with Crippen molar-refractivity contribution in [1.29, 1.82) is 0 Å². The van der Waals surface area contributed by atoms with Crippen LogP contribution in [0.4, 0.5) is 6.01 Å². The van der Waals surface area contributed by atoms with Crippen LogP contribution in [0.15, 0.2) is 27.2 Å². The molecule has 1 aliphatic rings. The minimum Gasteiger partial charge on any atom is -0.459 e. The molecule has 6 nitrogen and oxygen atoms in total. The zero-order valence-electron chi connectivity index (χ0n) is 9.05. The van der Waals surface area contributed by atoms with Crippen molar-refractivity contribution in [2.45, 2.75) is 19.3 Å². The summed E-state index contributed by atoms with van der Waals surface area (Å²) in [6.45, 7) is 0. The van der Waals surface area contributed by atoms with Crippen LogP contribution in [0.25, 0.3) is 11.7 Å². The van der Waals surface area contributed by atoms with E-state index in [9.17, 15) is 4.79 Å². The first-order chi connectivity index (χ1) is 8.33. The van der Waals surface area contributed by atoms with Gasteiger partial charge in [0.05, 0.1) is 6.26 Å². The highest BCUT2D eigenvalue weighted by atomic mass is 16.4. The van der Waals surface area contributed by atoms with Gasteiger partial charge < -0.3 is 8.83 Å². The number of carbonyl (C=O) groups is 1. The molecule has 17 heavy (non-hydrogen) atoms. The predicted molar refractivity (Wildman–Crippen MR) is 58.0 cm³/mol. The maximum atomic E-state index is 11.6. The van der Waals surface area contributed by atoms with E-state index < -0.39 is 0 Å². The lowest BCUT2D eigenvalue weighted by Gasteiger charge is -2.22. The number of nitrogens with one attached hydrogen (secondary N) is 1. The quantitative estimate of drug-likeness (QED) is 0.877. The third kappa shape index (κ3) is 1.93. The van der Waals surface area contributed by atoms with E-state index >= 15 is 0 Å². The zero-order valence-corrected chi connectivity index (χ0v) is 9.05. The van der Waals surface area contributed by atoms with Gasteiger partial charge in [0.2, 0.25) is 5.91 Å². The molecule has 3 rings (SSSR count). The van der Waals surface area contributed by atoms with Crippen LogP contribution in [-0.2, 0) is 4.79 Å². The molecule has 0 saturated heterocycles. The highest BCUT2D eigenvalue weighted by Gasteiger charge is 2.26. The minimum absolute atomic E-state index is 0.0501. The first kappa shape index (κ1) is 10.1. The molecule has 0 atom stereocenters. The largest absolute Gasteiger partial charge is 0.459 e. The van der Waals surface area contributed by atoms with Crippen LogP contribution in [0.2, 0.25) is 0 Å². The van der Waals surface area contributed by atoms with E-state index in [1.54, 1.807) is 12.1 Å². The lowest BCUT2D eigenvalue weighted by Crippen LogP contribution is -2.28. The van der Waals surface area contributed by atoms with Crippen LogP contribution in [0.5, 0.6) is 0 Å². The molecule has 1 saturated carbocycles. The van der Waals surface area contributed by atoms with Crippen molar-refractivity contribution in [2.75, 3.05) is 5.32 Å². The Balaban J connectivity index is 1.70. The first-order valence-electron chi connectivity index (χ1n) is 5.51. The van der Waals surface area contributed by atoms with Crippen LogP contribution < -0.4 is 5.32 Å². The van der Waals surface area contributed by atoms with Crippen molar-refractivity contribution in [3.63, 3.8) is 0 Å². The topological polar surface area (TPSA) is 81.2 Å². The summed E-state index contributed by atoms with van der Waals surface area (Å²) in [6, 6.07) is 3.56. The van der Waals surface area contributed by atoms with E-state index in [1.165, 1.54) is 6.26 Å². The van der Waals surface area contributed by atoms with Crippen LogP contribution in [0.3, 0.4) is 0 Å². The highest BCUT2D eigenvalue weighted by Crippen LogP contribution is 2.28. The van der Waals surface area contributed by atoms with E-state index in [2.05, 4.69) is 15.5 Å². The van der Waals surface area contributed by atoms with Crippen LogP contribution >= 0.6 is 0 Å². The fourth-order valence-corrected chi connectivity index (χ4v) is 1.65. The molecule has 2 aromatic heterocycles. The highest BCUT2D eigenvalue weighted by molar-refractivity contribution is 5.91. The standard InChI is InChI=1S/C11H11N3O3/c15-9(7-3-1-4-7)12-11-14-13-10(17-11)8-5-2-6-16-8/h2,5-7H,1,3-4H2,(H,12,14,15). The summed E-state index contributed by atoms with van der Waals surface area (Å²) in [5, 5.41) is 10.1. The number of anilines is 1. The maximum absolute atomic E-state index is 11.6. The molecular formula is C11H11N3O3. The molecule has 0 radical (unpaired) electrons. The zero-order chi connectivity index (χ0) is 11.7. The molecule has 6 heteroatoms. The number of hydrogen-bond acceptors (Lipinski definition) is 5. The normalized spacial score (nSPS) is 15.5. The predicted octanol–water partition coefficient (Wildman–Crippen LogP) is 2.07. The van der Waals surface area contributed by atoms with Gasteiger partial charge in [-0.1, -0.05) is 11.5 Å². The Morgan fingerprint density at radius 1 is 1.41 bits per heavy atom. The van der Waals surface area contributed by atoms with Gasteiger partial charge in [-0.25, -0.2) is 0 Å². The second-order valence-electron chi connectivity index (χ2n) is 4.01. The van der Waals surface area contributed by atoms with Crippen molar-refractivity contribution in [1.82, 2.24) is 10.2 Å². The van der Waals surface area contributed by atoms with Gasteiger partial charge in [-0.05, 0) is 25.0 Å². The van der Waals surface area contributed by atoms with E-state index in [0.29, 0.717) is 5.76 Å². The lowest BCUT2D eigenvalue weighted by atomic mass is 9.85. The van der Waals surface area contributed by atoms with Crippen molar-refractivity contribution in [2.24, 2.45) is 5.92 Å². The fraction of sp³-hybridized carbons (Fsp3) is 0.364. The number of hydrogen-bond donors (Lipinski definition) is 1. The maximum Gasteiger partial charge on any atom is 0.322 e. The van der Waals surface area contributed by atoms with E-state index in [4.69, 9.17) is 8.83 Å². The summed E-state index contributed by atoms with van der Waals surface area (Å²) in [7, 11) is 0. The number of nitrogens with zero attached hydrogens (tertiary/aromatic N) is 2. The SMILES string of the molecule is O=C(Nc1nnc(-c2ccco2)o1)C1CCC1. The van der Waals surface area contributed by atoms with Gasteiger partial charge >= 0.3 is 6.01 Å². The Morgan fingerprint density at radius 2 is 2.29 bits per heavy atom. The molecule has 1 fully saturated rings. The Morgan fingerprint density at radius 3 is 2.94 bits per heavy atom. The van der Waals surface area contributed by atoms with Crippen LogP contribution in [0.1, 0.15) is 19.3 Å². The Labute approximate surface area is 97.0 Å². The van der Waals surface area contributed by atoms with Crippen molar-refractivity contribution in [3.8, 4) is 11.7 Å². The van der Waals surface area contributed by atoms with Crippen molar-refractivity contribution < 1.29 is 13.6 Å². The molecule has 0 aromatic carbocycles. The number of rotatable bonds is 3. The molecule has 2 aromatic rings. The van der Waals surface area contributed by atoms with Crippen LogP contribution in [0, 0.1) is 5.92 Å². The second kappa shape index (κ2) is 4.04. The number of carbonyl (C=O) groups excluding carboxylic acids is 1. The first-order valence-corrected chi connectivity index (χ1v) is 5.51. The van der Waals surface area contributed by atoms with Crippen molar-refractivity contribution in [3.05, 3.63) is 18.4 Å². The monoisotopic (exact) mass is 233 g/mol. The molecule has 0 bridgehead atoms. The summed E-state index contributed by atoms with van der Waals surface area (Å²) in [6.07, 6.45) is 4.50. The van der Waals surface area contributed by atoms with E-state index in [0.717, 1.165) is 19.3 Å². The molecule has 0 spiro atoms. The van der Waals surface area contributed by atoms with E-state index in [1.807, 2.05) is 0 Å². The van der Waals surface area contributed by atoms with Gasteiger partial charge in [-0.2, -0.15) is 0 Å². The van der Waals surface area contributed by atoms with Gasteiger partial charge in [-0.15, -0.1) is 5.10 Å². The van der Waals surface area contributed by atoms with Gasteiger partial charge in [0.15, 0.2) is 5.76 Å². The third-order valence-corrected chi connectivity index (χ3v) is 2.86. The summed E-state index contributed by atoms with van der Waals surface area (Å²) < 4.78 is 10.4. The molecule has 1 N–H and O–H groups in total. The molecular weight excluding hydrogens is 222 g/mol. The molecule has 0 aliphatic heterocycles. The van der Waals surface area contributed by atoms with Crippen LogP contribution in [-0.4, -0.2) is 16.1 Å². The van der Waals surface area contributed by atoms with Crippen molar-refractivity contribution >= 4 is 11.9 Å². The number of aromatic nitrogens is 2. The van der Waals surface area contributed by atoms with Gasteiger partial charge in [-0.3, -0.25) is 10.1 Å². The lowest BCUT2D eigenvalue weighted by molar-refractivity contribution is -0.122. The summed E-state index contributed by atoms with van der Waals surface area (Å²) in [5.74, 6) is 0.792. The summed E-state index contributed by atoms with van der Waals surface area (Å²) in [4.78, 5) is 11.6. The Hall–Kier alpha value is -2.11. The summed E-state index contributed by atoms with van der Waals surface area (Å²) >= 11 is 0. The smallest absolute Gasteiger partial charge is 0.322 e. The Kier molecular flexibility index (Phi) is 2.40. The van der Waals surface area contributed by atoms with Gasteiger partial charge in [0, 0.05) is 5.92 Å². The van der Waals surface area contributed by atoms with E-state index in [-0.39, 0.29) is 23.7 Å². The number of amides is 1. The average molecular weight is 233 g/mol. The molecule has 2 heterocycles. The molecule has 88 valence electrons. The van der Waals surface area contributed by atoms with Gasteiger partial charge in [0.1, 0.15) is 0 Å². The molecule has 1 amide bonds. The number of furan rings is 1. The average Bonchev–Trinajstić information content (AvgIpc) is 2.82. The Bertz CT molecular complexity index is 514. The summed E-state index contributed by atoms with van der Waals surface area (Å²) in [5.41, 5.74) is 0. The third-order valence-electron chi connectivity index (χ3n) is 2.86. The molecule has 0 unspecified atom stereocenters.